The zero-order valence-electron chi connectivity index (χ0n) is 10.00. The number of aliphatic hydroxyl groups excluding tert-OH is 1. The molecule has 94 valence electrons. The number of benzene rings is 1. The molecule has 17 heavy (non-hydrogen) atoms. The van der Waals surface area contributed by atoms with E-state index in [0.29, 0.717) is 0 Å². The Kier molecular flexibility index (Phi) is 5.31. The van der Waals surface area contributed by atoms with Crippen molar-refractivity contribution in [3.05, 3.63) is 30.3 Å². The molecule has 0 aliphatic carbocycles. The van der Waals surface area contributed by atoms with E-state index in [2.05, 4.69) is 0 Å². The second-order valence-electron chi connectivity index (χ2n) is 3.68. The van der Waals surface area contributed by atoms with Gasteiger partial charge < -0.3 is 10.0 Å². The maximum absolute atomic E-state index is 12.0. The summed E-state index contributed by atoms with van der Waals surface area (Å²) in [6, 6.07) is 9.19. The molecule has 0 fully saturated rings. The lowest BCUT2D eigenvalue weighted by atomic mass is 10.3. The Balaban J connectivity index is 2.73. The normalized spacial score (nSPS) is 14.1. The van der Waals surface area contributed by atoms with Crippen LogP contribution in [0.25, 0.3) is 0 Å². The molecule has 4 nitrogen and oxygen atoms in total. The monoisotopic (exact) mass is 255 g/mol. The Morgan fingerprint density at radius 1 is 1.41 bits per heavy atom. The third-order valence-electron chi connectivity index (χ3n) is 2.51. The van der Waals surface area contributed by atoms with E-state index in [0.717, 1.165) is 5.69 Å². The van der Waals surface area contributed by atoms with Gasteiger partial charge in [0.15, 0.2) is 0 Å². The minimum Gasteiger partial charge on any atom is -0.395 e. The Morgan fingerprint density at radius 3 is 2.53 bits per heavy atom. The lowest BCUT2D eigenvalue weighted by Gasteiger charge is -2.20. The van der Waals surface area contributed by atoms with Crippen LogP contribution >= 0.6 is 0 Å². The zero-order valence-corrected chi connectivity index (χ0v) is 10.8. The standard InChI is InChI=1S/C12H17NO3S/c1-10(17(16)9-8-14)12(15)13(2)11-6-4-3-5-7-11/h3-7,10,14H,8-9H2,1-2H3/t10-,17-/m1/s1. The van der Waals surface area contributed by atoms with Crippen molar-refractivity contribution in [3.63, 3.8) is 0 Å². The fourth-order valence-electron chi connectivity index (χ4n) is 1.43. The predicted octanol–water partition coefficient (Wildman–Crippen LogP) is 0.779. The highest BCUT2D eigenvalue weighted by Crippen LogP contribution is 2.13. The van der Waals surface area contributed by atoms with Crippen molar-refractivity contribution in [2.24, 2.45) is 0 Å². The van der Waals surface area contributed by atoms with Gasteiger partial charge in [-0.05, 0) is 19.1 Å². The number of carbonyl (C=O) groups is 1. The van der Waals surface area contributed by atoms with E-state index in [9.17, 15) is 9.00 Å². The molecular formula is C12H17NO3S. The summed E-state index contributed by atoms with van der Waals surface area (Å²) in [5.74, 6) is -0.0711. The molecule has 0 heterocycles. The van der Waals surface area contributed by atoms with Gasteiger partial charge in [0.05, 0.1) is 6.61 Å². The molecule has 0 aromatic heterocycles. The Labute approximate surface area is 104 Å². The van der Waals surface area contributed by atoms with Crippen molar-refractivity contribution < 1.29 is 14.1 Å². The first-order valence-corrected chi connectivity index (χ1v) is 6.76. The maximum atomic E-state index is 12.0. The molecule has 1 amide bonds. The summed E-state index contributed by atoms with van der Waals surface area (Å²) in [6.45, 7) is 1.45. The van der Waals surface area contributed by atoms with Gasteiger partial charge in [-0.15, -0.1) is 0 Å². The first kappa shape index (κ1) is 13.9. The van der Waals surface area contributed by atoms with E-state index in [1.165, 1.54) is 4.90 Å². The number of nitrogens with zero attached hydrogens (tertiary/aromatic N) is 1. The average molecular weight is 255 g/mol. The van der Waals surface area contributed by atoms with Gasteiger partial charge in [-0.25, -0.2) is 0 Å². The average Bonchev–Trinajstić information content (AvgIpc) is 2.37. The van der Waals surface area contributed by atoms with Crippen LogP contribution < -0.4 is 4.90 Å². The molecular weight excluding hydrogens is 238 g/mol. The number of carbonyl (C=O) groups excluding carboxylic acids is 1. The predicted molar refractivity (Wildman–Crippen MR) is 69.4 cm³/mol. The molecule has 0 saturated carbocycles. The Bertz CT molecular complexity index is 394. The number of aliphatic hydroxyl groups is 1. The fourth-order valence-corrected chi connectivity index (χ4v) is 2.35. The van der Waals surface area contributed by atoms with Crippen molar-refractivity contribution in [2.75, 3.05) is 24.3 Å². The quantitative estimate of drug-likeness (QED) is 0.846. The topological polar surface area (TPSA) is 57.6 Å². The summed E-state index contributed by atoms with van der Waals surface area (Å²) in [7, 11) is 0.327. The van der Waals surface area contributed by atoms with E-state index in [1.54, 1.807) is 14.0 Å². The lowest BCUT2D eigenvalue weighted by Crippen LogP contribution is -2.38. The molecule has 1 N–H and O–H groups in total. The summed E-state index contributed by atoms with van der Waals surface area (Å²) in [6.07, 6.45) is 0. The van der Waals surface area contributed by atoms with Crippen molar-refractivity contribution >= 4 is 22.4 Å². The van der Waals surface area contributed by atoms with Gasteiger partial charge >= 0.3 is 0 Å². The summed E-state index contributed by atoms with van der Waals surface area (Å²) >= 11 is 0. The molecule has 1 aromatic rings. The van der Waals surface area contributed by atoms with E-state index in [4.69, 9.17) is 5.11 Å². The van der Waals surface area contributed by atoms with Crippen LogP contribution in [-0.2, 0) is 15.6 Å². The number of amides is 1. The molecule has 0 unspecified atom stereocenters. The number of para-hydroxylation sites is 1. The lowest BCUT2D eigenvalue weighted by molar-refractivity contribution is -0.117. The van der Waals surface area contributed by atoms with Crippen LogP contribution in [0.1, 0.15) is 6.92 Å². The van der Waals surface area contributed by atoms with Gasteiger partial charge in [-0.2, -0.15) is 0 Å². The molecule has 1 aromatic carbocycles. The van der Waals surface area contributed by atoms with Crippen molar-refractivity contribution in [3.8, 4) is 0 Å². The van der Waals surface area contributed by atoms with E-state index >= 15 is 0 Å². The molecule has 0 saturated heterocycles. The second kappa shape index (κ2) is 6.51. The molecule has 0 radical (unpaired) electrons. The van der Waals surface area contributed by atoms with Crippen molar-refractivity contribution in [1.29, 1.82) is 0 Å². The highest BCUT2D eigenvalue weighted by molar-refractivity contribution is 7.86. The highest BCUT2D eigenvalue weighted by atomic mass is 32.2. The SMILES string of the molecule is C[C@H](C(=O)N(C)c1ccccc1)[S@](=O)CCO. The maximum Gasteiger partial charge on any atom is 0.242 e. The Hall–Kier alpha value is -1.20. The van der Waals surface area contributed by atoms with Crippen LogP contribution in [0.2, 0.25) is 0 Å². The summed E-state index contributed by atoms with van der Waals surface area (Å²) in [5, 5.41) is 8.10. The van der Waals surface area contributed by atoms with Crippen LogP contribution in [0, 0.1) is 0 Å². The van der Waals surface area contributed by atoms with E-state index in [1.807, 2.05) is 30.3 Å². The summed E-state index contributed by atoms with van der Waals surface area (Å²) in [4.78, 5) is 13.5. The van der Waals surface area contributed by atoms with Crippen molar-refractivity contribution in [1.82, 2.24) is 0 Å². The number of hydrogen-bond donors (Lipinski definition) is 1. The van der Waals surface area contributed by atoms with Gasteiger partial charge in [-0.3, -0.25) is 9.00 Å². The third-order valence-corrected chi connectivity index (χ3v) is 4.08. The molecule has 1 rings (SSSR count). The van der Waals surface area contributed by atoms with Crippen LogP contribution in [-0.4, -0.2) is 39.9 Å². The fraction of sp³-hybridized carbons (Fsp3) is 0.417. The van der Waals surface area contributed by atoms with Gasteiger partial charge in [-0.1, -0.05) is 18.2 Å². The Morgan fingerprint density at radius 2 is 2.00 bits per heavy atom. The zero-order chi connectivity index (χ0) is 12.8. The van der Waals surface area contributed by atoms with Gasteiger partial charge in [0.1, 0.15) is 5.25 Å². The minimum absolute atomic E-state index is 0.134. The van der Waals surface area contributed by atoms with Gasteiger partial charge in [0.25, 0.3) is 0 Å². The largest absolute Gasteiger partial charge is 0.395 e. The van der Waals surface area contributed by atoms with E-state index in [-0.39, 0.29) is 18.3 Å². The molecule has 0 aliphatic rings. The smallest absolute Gasteiger partial charge is 0.242 e. The van der Waals surface area contributed by atoms with Crippen LogP contribution in [0.15, 0.2) is 30.3 Å². The second-order valence-corrected chi connectivity index (χ2v) is 5.56. The van der Waals surface area contributed by atoms with Crippen LogP contribution in [0.4, 0.5) is 5.69 Å². The first-order chi connectivity index (χ1) is 8.07. The summed E-state index contributed by atoms with van der Waals surface area (Å²) < 4.78 is 11.6. The van der Waals surface area contributed by atoms with E-state index < -0.39 is 16.0 Å². The highest BCUT2D eigenvalue weighted by Gasteiger charge is 2.23. The molecule has 0 spiro atoms. The number of anilines is 1. The third kappa shape index (κ3) is 3.64. The van der Waals surface area contributed by atoms with Crippen LogP contribution in [0.3, 0.4) is 0 Å². The van der Waals surface area contributed by atoms with Crippen molar-refractivity contribution in [2.45, 2.75) is 12.2 Å². The number of hydrogen-bond acceptors (Lipinski definition) is 3. The molecule has 2 atom stereocenters. The number of rotatable bonds is 5. The molecule has 0 bridgehead atoms. The van der Waals surface area contributed by atoms with Gasteiger partial charge in [0.2, 0.25) is 5.91 Å². The minimum atomic E-state index is -1.33. The first-order valence-electron chi connectivity index (χ1n) is 5.38. The van der Waals surface area contributed by atoms with Crippen LogP contribution in [0.5, 0.6) is 0 Å². The summed E-state index contributed by atoms with van der Waals surface area (Å²) in [5.41, 5.74) is 0.769. The molecule has 5 heteroatoms. The van der Waals surface area contributed by atoms with Gasteiger partial charge in [0, 0.05) is 29.3 Å². The molecule has 0 aliphatic heterocycles.